The van der Waals surface area contributed by atoms with Crippen LogP contribution in [-0.4, -0.2) is 50.4 Å². The van der Waals surface area contributed by atoms with E-state index in [1.807, 2.05) is 18.2 Å². The fourth-order valence-electron chi connectivity index (χ4n) is 2.45. The monoisotopic (exact) mass is 312 g/mol. The third-order valence-corrected chi connectivity index (χ3v) is 4.08. The number of nitrogens with one attached hydrogen (secondary N) is 1. The summed E-state index contributed by atoms with van der Waals surface area (Å²) >= 11 is 6.27. The number of morpholine rings is 1. The normalized spacial score (nSPS) is 19.7. The Kier molecular flexibility index (Phi) is 6.77. The van der Waals surface area contributed by atoms with Crippen molar-refractivity contribution in [3.63, 3.8) is 0 Å². The lowest BCUT2D eigenvalue weighted by atomic mass is 10.2. The molecule has 1 atom stereocenters. The van der Waals surface area contributed by atoms with Crippen LogP contribution in [-0.2, 0) is 11.3 Å². The average Bonchev–Trinajstić information content (AvgIpc) is 2.52. The standard InChI is InChI=1S/C16H25ClN2O2/c1-3-18-10-14-15(17)6-5-7-16(14)21-12-13-11-19(4-2)8-9-20-13/h5-7,13,18H,3-4,8-12H2,1-2H3. The second kappa shape index (κ2) is 8.59. The quantitative estimate of drug-likeness (QED) is 0.839. The van der Waals surface area contributed by atoms with Crippen LogP contribution in [0.5, 0.6) is 5.75 Å². The third-order valence-electron chi connectivity index (χ3n) is 3.72. The van der Waals surface area contributed by atoms with Gasteiger partial charge in [-0.3, -0.25) is 4.90 Å². The highest BCUT2D eigenvalue weighted by atomic mass is 35.5. The summed E-state index contributed by atoms with van der Waals surface area (Å²) in [6, 6.07) is 5.79. The van der Waals surface area contributed by atoms with Crippen LogP contribution in [0, 0.1) is 0 Å². The molecule has 1 N–H and O–H groups in total. The van der Waals surface area contributed by atoms with Gasteiger partial charge in [0.2, 0.25) is 0 Å². The summed E-state index contributed by atoms with van der Waals surface area (Å²) in [6.45, 7) is 10.2. The summed E-state index contributed by atoms with van der Waals surface area (Å²) in [7, 11) is 0. The van der Waals surface area contributed by atoms with Crippen molar-refractivity contribution in [3.8, 4) is 5.75 Å². The van der Waals surface area contributed by atoms with E-state index >= 15 is 0 Å². The number of likely N-dealkylation sites (N-methyl/N-ethyl adjacent to an activating group) is 1. The van der Waals surface area contributed by atoms with Gasteiger partial charge < -0.3 is 14.8 Å². The van der Waals surface area contributed by atoms with Crippen molar-refractivity contribution in [1.29, 1.82) is 0 Å². The molecule has 4 nitrogen and oxygen atoms in total. The Labute approximate surface area is 132 Å². The van der Waals surface area contributed by atoms with Gasteiger partial charge in [0.25, 0.3) is 0 Å². The van der Waals surface area contributed by atoms with Gasteiger partial charge in [-0.2, -0.15) is 0 Å². The molecule has 1 aromatic carbocycles. The Morgan fingerprint density at radius 1 is 1.43 bits per heavy atom. The maximum absolute atomic E-state index is 6.27. The van der Waals surface area contributed by atoms with Crippen LogP contribution in [0.2, 0.25) is 5.02 Å². The summed E-state index contributed by atoms with van der Waals surface area (Å²) in [5.41, 5.74) is 1.02. The smallest absolute Gasteiger partial charge is 0.125 e. The molecule has 0 spiro atoms. The van der Waals surface area contributed by atoms with Crippen LogP contribution in [0.15, 0.2) is 18.2 Å². The number of nitrogens with zero attached hydrogens (tertiary/aromatic N) is 1. The van der Waals surface area contributed by atoms with E-state index in [1.54, 1.807) is 0 Å². The molecule has 2 rings (SSSR count). The zero-order valence-electron chi connectivity index (χ0n) is 12.9. The highest BCUT2D eigenvalue weighted by molar-refractivity contribution is 6.31. The topological polar surface area (TPSA) is 33.7 Å². The summed E-state index contributed by atoms with van der Waals surface area (Å²) in [5.74, 6) is 0.848. The molecule has 1 aromatic rings. The van der Waals surface area contributed by atoms with Gasteiger partial charge in [-0.05, 0) is 25.2 Å². The van der Waals surface area contributed by atoms with E-state index in [1.165, 1.54) is 0 Å². The molecule has 0 aromatic heterocycles. The molecule has 118 valence electrons. The highest BCUT2D eigenvalue weighted by Crippen LogP contribution is 2.26. The molecule has 21 heavy (non-hydrogen) atoms. The van der Waals surface area contributed by atoms with Crippen LogP contribution in [0.4, 0.5) is 0 Å². The number of rotatable bonds is 7. The zero-order valence-corrected chi connectivity index (χ0v) is 13.7. The van der Waals surface area contributed by atoms with Crippen LogP contribution < -0.4 is 10.1 Å². The van der Waals surface area contributed by atoms with Crippen molar-refractivity contribution in [1.82, 2.24) is 10.2 Å². The van der Waals surface area contributed by atoms with E-state index < -0.39 is 0 Å². The number of hydrogen-bond acceptors (Lipinski definition) is 4. The molecule has 0 bridgehead atoms. The van der Waals surface area contributed by atoms with E-state index in [4.69, 9.17) is 21.1 Å². The maximum atomic E-state index is 6.27. The van der Waals surface area contributed by atoms with Gasteiger partial charge in [-0.15, -0.1) is 0 Å². The van der Waals surface area contributed by atoms with Gasteiger partial charge in [0.1, 0.15) is 18.5 Å². The minimum Gasteiger partial charge on any atom is -0.490 e. The van der Waals surface area contributed by atoms with E-state index in [2.05, 4.69) is 24.1 Å². The van der Waals surface area contributed by atoms with Crippen molar-refractivity contribution >= 4 is 11.6 Å². The maximum Gasteiger partial charge on any atom is 0.125 e. The van der Waals surface area contributed by atoms with E-state index in [-0.39, 0.29) is 6.10 Å². The molecule has 1 saturated heterocycles. The van der Waals surface area contributed by atoms with E-state index in [9.17, 15) is 0 Å². The molecular weight excluding hydrogens is 288 g/mol. The Morgan fingerprint density at radius 3 is 3.05 bits per heavy atom. The molecule has 5 heteroatoms. The minimum atomic E-state index is 0.129. The van der Waals surface area contributed by atoms with Crippen LogP contribution in [0.3, 0.4) is 0 Å². The predicted molar refractivity (Wildman–Crippen MR) is 86.2 cm³/mol. The summed E-state index contributed by atoms with van der Waals surface area (Å²) in [6.07, 6.45) is 0.129. The number of hydrogen-bond donors (Lipinski definition) is 1. The first-order valence-electron chi connectivity index (χ1n) is 7.69. The largest absolute Gasteiger partial charge is 0.490 e. The fraction of sp³-hybridized carbons (Fsp3) is 0.625. The second-order valence-corrected chi connectivity index (χ2v) is 5.60. The summed E-state index contributed by atoms with van der Waals surface area (Å²) in [4.78, 5) is 2.38. The van der Waals surface area contributed by atoms with Gasteiger partial charge >= 0.3 is 0 Å². The highest BCUT2D eigenvalue weighted by Gasteiger charge is 2.20. The molecule has 1 unspecified atom stereocenters. The molecule has 0 amide bonds. The Hall–Kier alpha value is -0.810. The number of benzene rings is 1. The Bertz CT molecular complexity index is 442. The Balaban J connectivity index is 1.94. The molecule has 1 fully saturated rings. The van der Waals surface area contributed by atoms with E-state index in [0.29, 0.717) is 6.61 Å². The molecule has 0 radical (unpaired) electrons. The Morgan fingerprint density at radius 2 is 2.29 bits per heavy atom. The first kappa shape index (κ1) is 16.6. The predicted octanol–water partition coefficient (Wildman–Crippen LogP) is 2.55. The van der Waals surface area contributed by atoms with Crippen molar-refractivity contribution in [2.24, 2.45) is 0 Å². The second-order valence-electron chi connectivity index (χ2n) is 5.19. The van der Waals surface area contributed by atoms with Crippen LogP contribution in [0.1, 0.15) is 19.4 Å². The zero-order chi connectivity index (χ0) is 15.1. The minimum absolute atomic E-state index is 0.129. The lowest BCUT2D eigenvalue weighted by Crippen LogP contribution is -2.44. The van der Waals surface area contributed by atoms with Crippen molar-refractivity contribution in [2.75, 3.05) is 39.4 Å². The van der Waals surface area contributed by atoms with Crippen LogP contribution in [0.25, 0.3) is 0 Å². The first-order chi connectivity index (χ1) is 10.2. The molecular formula is C16H25ClN2O2. The van der Waals surface area contributed by atoms with Gasteiger partial charge in [-0.25, -0.2) is 0 Å². The molecule has 1 heterocycles. The first-order valence-corrected chi connectivity index (χ1v) is 8.07. The van der Waals surface area contributed by atoms with Crippen molar-refractivity contribution in [3.05, 3.63) is 28.8 Å². The van der Waals surface area contributed by atoms with Gasteiger partial charge in [-0.1, -0.05) is 31.5 Å². The lowest BCUT2D eigenvalue weighted by molar-refractivity contribution is -0.0465. The van der Waals surface area contributed by atoms with Crippen LogP contribution >= 0.6 is 11.6 Å². The molecule has 0 aliphatic carbocycles. The number of halogens is 1. The van der Waals surface area contributed by atoms with E-state index in [0.717, 1.165) is 55.7 Å². The van der Waals surface area contributed by atoms with Crippen molar-refractivity contribution in [2.45, 2.75) is 26.5 Å². The fourth-order valence-corrected chi connectivity index (χ4v) is 2.68. The number of ether oxygens (including phenoxy) is 2. The average molecular weight is 313 g/mol. The molecule has 1 aliphatic rings. The lowest BCUT2D eigenvalue weighted by Gasteiger charge is -2.32. The van der Waals surface area contributed by atoms with Gasteiger partial charge in [0.05, 0.1) is 6.61 Å². The van der Waals surface area contributed by atoms with Gasteiger partial charge in [0, 0.05) is 30.2 Å². The summed E-state index contributed by atoms with van der Waals surface area (Å²) in [5, 5.41) is 4.04. The molecule has 0 saturated carbocycles. The summed E-state index contributed by atoms with van der Waals surface area (Å²) < 4.78 is 11.7. The van der Waals surface area contributed by atoms with Gasteiger partial charge in [0.15, 0.2) is 0 Å². The SMILES string of the molecule is CCNCc1c(Cl)cccc1OCC1CN(CC)CCO1. The van der Waals surface area contributed by atoms with Crippen molar-refractivity contribution < 1.29 is 9.47 Å². The molecule has 1 aliphatic heterocycles. The third kappa shape index (κ3) is 4.85.